The fraction of sp³-hybridized carbons (Fsp3) is 0.938. The minimum Gasteiger partial charge on any atom is -0.411 e. The number of rotatable bonds is 3. The Bertz CT molecular complexity index is 363. The van der Waals surface area contributed by atoms with Gasteiger partial charge in [0.2, 0.25) is 0 Å². The second-order valence-electron chi connectivity index (χ2n) is 6.87. The molecule has 0 amide bonds. The Morgan fingerprint density at radius 3 is 2.85 bits per heavy atom. The largest absolute Gasteiger partial charge is 0.411 e. The van der Waals surface area contributed by atoms with Crippen LogP contribution in [0.25, 0.3) is 0 Å². The van der Waals surface area contributed by atoms with Gasteiger partial charge in [0.1, 0.15) is 0 Å². The van der Waals surface area contributed by atoms with E-state index in [9.17, 15) is 0 Å². The fourth-order valence-corrected chi connectivity index (χ4v) is 4.35. The molecule has 0 aromatic rings. The summed E-state index contributed by atoms with van der Waals surface area (Å²) in [7, 11) is 0. The normalized spacial score (nSPS) is 36.1. The first kappa shape index (κ1) is 14.3. The highest BCUT2D eigenvalue weighted by Crippen LogP contribution is 2.43. The highest BCUT2D eigenvalue weighted by molar-refractivity contribution is 5.87. The van der Waals surface area contributed by atoms with Gasteiger partial charge in [0, 0.05) is 32.0 Å². The summed E-state index contributed by atoms with van der Waals surface area (Å²) in [5.41, 5.74) is 1.24. The van der Waals surface area contributed by atoms with E-state index in [4.69, 9.17) is 9.94 Å². The third-order valence-electron chi connectivity index (χ3n) is 5.57. The van der Waals surface area contributed by atoms with Crippen molar-refractivity contribution in [3.8, 4) is 0 Å². The highest BCUT2D eigenvalue weighted by atomic mass is 16.5. The lowest BCUT2D eigenvalue weighted by atomic mass is 9.93. The molecule has 1 aliphatic carbocycles. The van der Waals surface area contributed by atoms with Crippen LogP contribution in [0.1, 0.15) is 58.3 Å². The second-order valence-corrected chi connectivity index (χ2v) is 6.87. The van der Waals surface area contributed by atoms with Gasteiger partial charge < -0.3 is 9.94 Å². The van der Waals surface area contributed by atoms with Crippen molar-refractivity contribution in [2.45, 2.75) is 70.0 Å². The third-order valence-corrected chi connectivity index (χ3v) is 5.57. The van der Waals surface area contributed by atoms with Crippen molar-refractivity contribution in [2.75, 3.05) is 19.6 Å². The standard InChI is InChI=1S/C16H28N2O2/c1-2-13-11-18(10-6-15(13)17-19)12-14-5-9-16(20-14)7-3-4-8-16/h13-14,19H,2-12H2,1H3. The number of oxime groups is 1. The van der Waals surface area contributed by atoms with Gasteiger partial charge in [-0.1, -0.05) is 24.9 Å². The lowest BCUT2D eigenvalue weighted by Crippen LogP contribution is -2.44. The smallest absolute Gasteiger partial charge is 0.0710 e. The van der Waals surface area contributed by atoms with Gasteiger partial charge in [-0.15, -0.1) is 0 Å². The molecule has 20 heavy (non-hydrogen) atoms. The molecule has 0 aromatic carbocycles. The van der Waals surface area contributed by atoms with E-state index in [-0.39, 0.29) is 5.60 Å². The molecule has 4 nitrogen and oxygen atoms in total. The van der Waals surface area contributed by atoms with E-state index < -0.39 is 0 Å². The van der Waals surface area contributed by atoms with E-state index in [1.807, 2.05) is 0 Å². The fourth-order valence-electron chi connectivity index (χ4n) is 4.35. The van der Waals surface area contributed by atoms with Crippen LogP contribution >= 0.6 is 0 Å². The van der Waals surface area contributed by atoms with Crippen molar-refractivity contribution in [2.24, 2.45) is 11.1 Å². The van der Waals surface area contributed by atoms with Gasteiger partial charge >= 0.3 is 0 Å². The maximum atomic E-state index is 9.05. The van der Waals surface area contributed by atoms with Crippen LogP contribution in [-0.2, 0) is 4.74 Å². The Morgan fingerprint density at radius 1 is 1.35 bits per heavy atom. The molecule has 0 bridgehead atoms. The molecule has 0 radical (unpaired) electrons. The molecule has 2 heterocycles. The minimum absolute atomic E-state index is 0.252. The molecule has 114 valence electrons. The molecular formula is C16H28N2O2. The molecule has 3 fully saturated rings. The first-order chi connectivity index (χ1) is 9.74. The van der Waals surface area contributed by atoms with Crippen molar-refractivity contribution < 1.29 is 9.94 Å². The lowest BCUT2D eigenvalue weighted by molar-refractivity contribution is -0.0484. The zero-order valence-corrected chi connectivity index (χ0v) is 12.7. The summed E-state index contributed by atoms with van der Waals surface area (Å²) in [5, 5.41) is 12.5. The van der Waals surface area contributed by atoms with Crippen LogP contribution < -0.4 is 0 Å². The van der Waals surface area contributed by atoms with E-state index in [1.165, 1.54) is 38.5 Å². The quantitative estimate of drug-likeness (QED) is 0.638. The van der Waals surface area contributed by atoms with Gasteiger partial charge in [-0.3, -0.25) is 4.90 Å². The van der Waals surface area contributed by atoms with Gasteiger partial charge in [-0.25, -0.2) is 0 Å². The van der Waals surface area contributed by atoms with E-state index in [2.05, 4.69) is 17.0 Å². The number of piperidine rings is 1. The molecular weight excluding hydrogens is 252 g/mol. The average molecular weight is 280 g/mol. The number of nitrogens with zero attached hydrogens (tertiary/aromatic N) is 2. The van der Waals surface area contributed by atoms with Gasteiger partial charge in [0.05, 0.1) is 17.4 Å². The zero-order chi connectivity index (χ0) is 14.0. The van der Waals surface area contributed by atoms with Gasteiger partial charge in [-0.05, 0) is 32.1 Å². The van der Waals surface area contributed by atoms with Crippen molar-refractivity contribution in [1.82, 2.24) is 4.90 Å². The van der Waals surface area contributed by atoms with E-state index in [0.717, 1.165) is 38.2 Å². The molecule has 0 aromatic heterocycles. The van der Waals surface area contributed by atoms with Crippen molar-refractivity contribution in [1.29, 1.82) is 0 Å². The molecule has 1 spiro atoms. The van der Waals surface area contributed by atoms with Gasteiger partial charge in [0.15, 0.2) is 0 Å². The number of hydrogen-bond donors (Lipinski definition) is 1. The summed E-state index contributed by atoms with van der Waals surface area (Å²) in [6.07, 6.45) is 10.2. The minimum atomic E-state index is 0.252. The molecule has 1 N–H and O–H groups in total. The summed E-state index contributed by atoms with van der Waals surface area (Å²) in [4.78, 5) is 2.52. The Kier molecular flexibility index (Phi) is 4.32. The second kappa shape index (κ2) is 6.02. The Morgan fingerprint density at radius 2 is 2.15 bits per heavy atom. The molecule has 3 aliphatic rings. The Hall–Kier alpha value is -0.610. The highest BCUT2D eigenvalue weighted by Gasteiger charge is 2.42. The molecule has 4 heteroatoms. The predicted molar refractivity (Wildman–Crippen MR) is 79.4 cm³/mol. The van der Waals surface area contributed by atoms with Crippen LogP contribution in [0.15, 0.2) is 5.16 Å². The Balaban J connectivity index is 1.52. The van der Waals surface area contributed by atoms with E-state index in [1.54, 1.807) is 0 Å². The maximum absolute atomic E-state index is 9.05. The monoisotopic (exact) mass is 280 g/mol. The zero-order valence-electron chi connectivity index (χ0n) is 12.7. The van der Waals surface area contributed by atoms with Crippen LogP contribution in [0.2, 0.25) is 0 Å². The van der Waals surface area contributed by atoms with Crippen LogP contribution in [0.4, 0.5) is 0 Å². The average Bonchev–Trinajstić information content (AvgIpc) is 3.09. The van der Waals surface area contributed by atoms with Crippen LogP contribution in [0.5, 0.6) is 0 Å². The summed E-state index contributed by atoms with van der Waals surface area (Å²) in [6.45, 7) is 5.29. The van der Waals surface area contributed by atoms with E-state index in [0.29, 0.717) is 12.0 Å². The first-order valence-corrected chi connectivity index (χ1v) is 8.36. The maximum Gasteiger partial charge on any atom is 0.0710 e. The summed E-state index contributed by atoms with van der Waals surface area (Å²) in [6, 6.07) is 0. The van der Waals surface area contributed by atoms with Crippen molar-refractivity contribution >= 4 is 5.71 Å². The van der Waals surface area contributed by atoms with Crippen LogP contribution in [0, 0.1) is 5.92 Å². The van der Waals surface area contributed by atoms with Crippen molar-refractivity contribution in [3.63, 3.8) is 0 Å². The lowest BCUT2D eigenvalue weighted by Gasteiger charge is -2.34. The number of ether oxygens (including phenoxy) is 1. The summed E-state index contributed by atoms with van der Waals surface area (Å²) in [5.74, 6) is 0.426. The first-order valence-electron chi connectivity index (χ1n) is 8.36. The van der Waals surface area contributed by atoms with E-state index >= 15 is 0 Å². The molecule has 2 unspecified atom stereocenters. The summed E-state index contributed by atoms with van der Waals surface area (Å²) >= 11 is 0. The predicted octanol–water partition coefficient (Wildman–Crippen LogP) is 3.04. The molecule has 3 rings (SSSR count). The molecule has 2 atom stereocenters. The van der Waals surface area contributed by atoms with Gasteiger partial charge in [0.25, 0.3) is 0 Å². The SMILES string of the molecule is CCC1CN(CC2CCC3(CCCC3)O2)CCC1=NO. The topological polar surface area (TPSA) is 45.1 Å². The number of likely N-dealkylation sites (tertiary alicyclic amines) is 1. The number of hydrogen-bond acceptors (Lipinski definition) is 4. The Labute approximate surface area is 122 Å². The van der Waals surface area contributed by atoms with Crippen molar-refractivity contribution in [3.05, 3.63) is 0 Å². The van der Waals surface area contributed by atoms with Crippen LogP contribution in [-0.4, -0.2) is 47.2 Å². The molecule has 2 aliphatic heterocycles. The van der Waals surface area contributed by atoms with Gasteiger partial charge in [-0.2, -0.15) is 0 Å². The summed E-state index contributed by atoms with van der Waals surface area (Å²) < 4.78 is 6.41. The third kappa shape index (κ3) is 2.86. The van der Waals surface area contributed by atoms with Crippen LogP contribution in [0.3, 0.4) is 0 Å². The molecule has 2 saturated heterocycles. The molecule has 1 saturated carbocycles.